The van der Waals surface area contributed by atoms with Crippen molar-refractivity contribution in [2.24, 2.45) is 5.41 Å². The van der Waals surface area contributed by atoms with E-state index in [1.807, 2.05) is 18.7 Å². The minimum absolute atomic E-state index is 0.0251. The monoisotopic (exact) mass is 625 g/mol. The number of hydrogen-bond donors (Lipinski definition) is 2. The van der Waals surface area contributed by atoms with Gasteiger partial charge in [0.05, 0.1) is 18.4 Å². The molecule has 5 heterocycles. The van der Waals surface area contributed by atoms with Crippen LogP contribution in [0.4, 0.5) is 29.2 Å². The van der Waals surface area contributed by atoms with Crippen molar-refractivity contribution in [2.75, 3.05) is 24.2 Å². The summed E-state index contributed by atoms with van der Waals surface area (Å²) in [7, 11) is 0. The molecule has 2 aliphatic heterocycles. The molecule has 0 spiro atoms. The highest BCUT2D eigenvalue weighted by molar-refractivity contribution is 6.04. The normalized spacial score (nSPS) is 19.5. The number of pyridine rings is 1. The molecule has 0 unspecified atom stereocenters. The Labute approximate surface area is 255 Å². The predicted molar refractivity (Wildman–Crippen MR) is 157 cm³/mol. The SMILES string of the molecule is CCOc1cc(C(=O)Nc2cc(C(F)(F)F)ccn2)ccc1-c1nc([C@@H]2CC[C@H]3CC(C)(C)C(=O)N3C2)n2c(F)cnc(N)c12. The van der Waals surface area contributed by atoms with Crippen molar-refractivity contribution in [1.29, 1.82) is 0 Å². The molecule has 4 aromatic rings. The Morgan fingerprint density at radius 2 is 1.96 bits per heavy atom. The number of nitrogens with zero attached hydrogens (tertiary/aromatic N) is 5. The van der Waals surface area contributed by atoms with Gasteiger partial charge < -0.3 is 20.7 Å². The molecular formula is C31H31F4N7O3. The van der Waals surface area contributed by atoms with Crippen molar-refractivity contribution >= 4 is 29.0 Å². The van der Waals surface area contributed by atoms with Crippen LogP contribution in [0.3, 0.4) is 0 Å². The fraction of sp³-hybridized carbons (Fsp3) is 0.387. The van der Waals surface area contributed by atoms with E-state index in [1.165, 1.54) is 16.5 Å². The van der Waals surface area contributed by atoms with Crippen LogP contribution in [0.25, 0.3) is 16.8 Å². The third-order valence-electron chi connectivity index (χ3n) is 8.45. The molecule has 1 aromatic carbocycles. The quantitative estimate of drug-likeness (QED) is 0.264. The van der Waals surface area contributed by atoms with Gasteiger partial charge in [-0.05, 0) is 56.5 Å². The van der Waals surface area contributed by atoms with Crippen LogP contribution in [0.1, 0.15) is 67.7 Å². The fourth-order valence-electron chi connectivity index (χ4n) is 6.36. The maximum atomic E-state index is 15.5. The molecule has 236 valence electrons. The number of aromatic nitrogens is 4. The zero-order valence-electron chi connectivity index (χ0n) is 24.8. The average molecular weight is 626 g/mol. The molecule has 2 saturated heterocycles. The molecule has 2 aliphatic rings. The Kier molecular flexibility index (Phi) is 7.40. The summed E-state index contributed by atoms with van der Waals surface area (Å²) >= 11 is 0. The van der Waals surface area contributed by atoms with Crippen molar-refractivity contribution in [3.05, 3.63) is 65.6 Å². The topological polar surface area (TPSA) is 128 Å². The maximum absolute atomic E-state index is 15.5. The number of anilines is 2. The van der Waals surface area contributed by atoms with Crippen molar-refractivity contribution in [3.63, 3.8) is 0 Å². The molecule has 14 heteroatoms. The fourth-order valence-corrected chi connectivity index (χ4v) is 6.36. The number of nitrogens with two attached hydrogens (primary N) is 1. The van der Waals surface area contributed by atoms with Crippen LogP contribution in [0.5, 0.6) is 5.75 Å². The lowest BCUT2D eigenvalue weighted by Crippen LogP contribution is -2.42. The summed E-state index contributed by atoms with van der Waals surface area (Å²) in [4.78, 5) is 40.7. The minimum Gasteiger partial charge on any atom is -0.493 e. The number of nitrogens with one attached hydrogen (secondary N) is 1. The van der Waals surface area contributed by atoms with Gasteiger partial charge in [0.1, 0.15) is 34.4 Å². The van der Waals surface area contributed by atoms with Crippen LogP contribution in [-0.2, 0) is 11.0 Å². The van der Waals surface area contributed by atoms with Crippen molar-refractivity contribution in [2.45, 2.75) is 58.2 Å². The molecule has 0 saturated carbocycles. The molecule has 6 rings (SSSR count). The molecular weight excluding hydrogens is 594 g/mol. The van der Waals surface area contributed by atoms with Crippen LogP contribution in [0, 0.1) is 11.4 Å². The Morgan fingerprint density at radius 1 is 1.18 bits per heavy atom. The number of benzene rings is 1. The number of nitrogen functional groups attached to an aromatic ring is 1. The zero-order chi connectivity index (χ0) is 32.3. The highest BCUT2D eigenvalue weighted by Gasteiger charge is 2.48. The molecule has 45 heavy (non-hydrogen) atoms. The number of carbonyl (C=O) groups is 2. The van der Waals surface area contributed by atoms with Gasteiger partial charge in [0.15, 0.2) is 0 Å². The number of alkyl halides is 3. The lowest BCUT2D eigenvalue weighted by atomic mass is 9.87. The first-order valence-corrected chi connectivity index (χ1v) is 14.5. The molecule has 3 N–H and O–H groups in total. The molecule has 0 aliphatic carbocycles. The van der Waals surface area contributed by atoms with E-state index >= 15 is 4.39 Å². The average Bonchev–Trinajstić information content (AvgIpc) is 3.50. The van der Waals surface area contributed by atoms with E-state index < -0.39 is 29.0 Å². The van der Waals surface area contributed by atoms with Crippen molar-refractivity contribution in [1.82, 2.24) is 24.3 Å². The summed E-state index contributed by atoms with van der Waals surface area (Å²) in [5.74, 6) is -1.25. The van der Waals surface area contributed by atoms with E-state index in [-0.39, 0.29) is 58.6 Å². The highest BCUT2D eigenvalue weighted by atomic mass is 19.4. The number of amides is 2. The molecule has 0 radical (unpaired) electrons. The van der Waals surface area contributed by atoms with Crippen molar-refractivity contribution in [3.8, 4) is 17.0 Å². The van der Waals surface area contributed by atoms with Crippen LogP contribution < -0.4 is 15.8 Å². The van der Waals surface area contributed by atoms with Gasteiger partial charge in [0.25, 0.3) is 5.91 Å². The summed E-state index contributed by atoms with van der Waals surface area (Å²) < 4.78 is 62.1. The predicted octanol–water partition coefficient (Wildman–Crippen LogP) is 5.69. The second-order valence-electron chi connectivity index (χ2n) is 12.0. The zero-order valence-corrected chi connectivity index (χ0v) is 24.8. The molecule has 2 amide bonds. The van der Waals surface area contributed by atoms with Crippen LogP contribution in [0.15, 0.2) is 42.7 Å². The number of fused-ring (bicyclic) bond motifs is 2. The third-order valence-corrected chi connectivity index (χ3v) is 8.45. The van der Waals surface area contributed by atoms with Gasteiger partial charge in [0, 0.05) is 41.2 Å². The van der Waals surface area contributed by atoms with E-state index in [4.69, 9.17) is 15.5 Å². The minimum atomic E-state index is -4.60. The molecule has 3 aromatic heterocycles. The third kappa shape index (κ3) is 5.42. The van der Waals surface area contributed by atoms with E-state index in [0.717, 1.165) is 37.4 Å². The van der Waals surface area contributed by atoms with Crippen LogP contribution in [0.2, 0.25) is 0 Å². The lowest BCUT2D eigenvalue weighted by molar-refractivity contribution is -0.138. The van der Waals surface area contributed by atoms with E-state index in [2.05, 4.69) is 15.3 Å². The Morgan fingerprint density at radius 3 is 2.69 bits per heavy atom. The number of rotatable bonds is 6. The Bertz CT molecular complexity index is 1820. The van der Waals surface area contributed by atoms with Gasteiger partial charge in [-0.1, -0.05) is 13.8 Å². The van der Waals surface area contributed by atoms with Crippen molar-refractivity contribution < 1.29 is 31.9 Å². The lowest BCUT2D eigenvalue weighted by Gasteiger charge is -2.34. The van der Waals surface area contributed by atoms with Gasteiger partial charge in [-0.2, -0.15) is 17.6 Å². The maximum Gasteiger partial charge on any atom is 0.416 e. The number of halogens is 4. The van der Waals surface area contributed by atoms with Gasteiger partial charge in [-0.25, -0.2) is 15.0 Å². The van der Waals surface area contributed by atoms with Gasteiger partial charge in [0.2, 0.25) is 11.9 Å². The molecule has 2 atom stereocenters. The summed E-state index contributed by atoms with van der Waals surface area (Å²) in [6.07, 6.45) is -0.426. The molecule has 10 nitrogen and oxygen atoms in total. The van der Waals surface area contributed by atoms with Gasteiger partial charge in [-0.15, -0.1) is 0 Å². The van der Waals surface area contributed by atoms with Crippen LogP contribution >= 0.6 is 0 Å². The van der Waals surface area contributed by atoms with E-state index in [1.54, 1.807) is 13.0 Å². The first kappa shape index (κ1) is 30.3. The van der Waals surface area contributed by atoms with Gasteiger partial charge >= 0.3 is 6.18 Å². The number of piperidine rings is 1. The molecule has 2 fully saturated rings. The first-order valence-electron chi connectivity index (χ1n) is 14.5. The number of hydrogen-bond acceptors (Lipinski definition) is 7. The summed E-state index contributed by atoms with van der Waals surface area (Å²) in [6, 6.07) is 6.10. The second kappa shape index (κ2) is 11.0. The smallest absolute Gasteiger partial charge is 0.416 e. The number of carbonyl (C=O) groups excluding carboxylic acids is 2. The first-order chi connectivity index (χ1) is 21.3. The molecule has 0 bridgehead atoms. The second-order valence-corrected chi connectivity index (χ2v) is 12.0. The summed E-state index contributed by atoms with van der Waals surface area (Å²) in [6.45, 7) is 6.20. The summed E-state index contributed by atoms with van der Waals surface area (Å²) in [5.41, 5.74) is 5.84. The van der Waals surface area contributed by atoms with Crippen LogP contribution in [-0.4, -0.2) is 55.3 Å². The number of imidazole rings is 1. The Balaban J connectivity index is 1.38. The van der Waals surface area contributed by atoms with Gasteiger partial charge in [-0.3, -0.25) is 14.0 Å². The largest absolute Gasteiger partial charge is 0.493 e. The van der Waals surface area contributed by atoms with E-state index in [9.17, 15) is 22.8 Å². The van der Waals surface area contributed by atoms with E-state index in [0.29, 0.717) is 24.4 Å². The summed E-state index contributed by atoms with van der Waals surface area (Å²) in [5, 5.41) is 2.38. The number of ether oxygens (including phenoxy) is 1. The highest BCUT2D eigenvalue weighted by Crippen LogP contribution is 2.44. The standard InChI is InChI=1S/C31H31F4N7O3/c1-4-45-21-11-16(28(43)39-23-12-18(9-10-37-23)31(33,34)35)6-8-20(21)24-25-26(36)38-14-22(32)42(25)27(40-24)17-5-7-19-13-30(2,3)29(44)41(19)15-17/h6,8-12,14,17,19H,4-5,7,13,15H2,1-3H3,(H2,36,38)(H,37,39,43)/t17-,19+/m1/s1. The Hall–Kier alpha value is -4.75.